The van der Waals surface area contributed by atoms with Gasteiger partial charge >= 0.3 is 5.97 Å². The fraction of sp³-hybridized carbons (Fsp3) is 0.400. The molecule has 0 aromatic carbocycles. The first kappa shape index (κ1) is 15.6. The topological polar surface area (TPSA) is 70.4 Å². The molecule has 0 spiro atoms. The molecule has 0 bridgehead atoms. The summed E-state index contributed by atoms with van der Waals surface area (Å²) >= 11 is 0. The van der Waals surface area contributed by atoms with Gasteiger partial charge in [-0.3, -0.25) is 0 Å². The van der Waals surface area contributed by atoms with Gasteiger partial charge in [0.2, 0.25) is 5.88 Å². The fourth-order valence-electron chi connectivity index (χ4n) is 1.51. The van der Waals surface area contributed by atoms with E-state index in [9.17, 15) is 9.90 Å². The van der Waals surface area contributed by atoms with Crippen LogP contribution in [0, 0.1) is 44.1 Å². The van der Waals surface area contributed by atoms with Crippen molar-refractivity contribution in [3.63, 3.8) is 0 Å². The van der Waals surface area contributed by atoms with E-state index in [-0.39, 0.29) is 49.6 Å². The van der Waals surface area contributed by atoms with Gasteiger partial charge in [0.1, 0.15) is 10.6 Å². The van der Waals surface area contributed by atoms with Crippen LogP contribution in [-0.2, 0) is 6.42 Å². The van der Waals surface area contributed by atoms with E-state index in [0.29, 0.717) is 5.25 Å². The van der Waals surface area contributed by atoms with Crippen LogP contribution in [0.3, 0.4) is 0 Å². The largest absolute Gasteiger partial charge is 0.493 e. The molecule has 0 fully saturated rings. The molecule has 0 saturated carbocycles. The number of carboxylic acid groups (broad SMARTS) is 1. The maximum atomic E-state index is 10.8. The Bertz CT molecular complexity index is 442. The monoisotopic (exact) mass is 484 g/mol. The Morgan fingerprint density at radius 2 is 2.35 bits per heavy atom. The van der Waals surface area contributed by atoms with Gasteiger partial charge in [-0.2, -0.15) is 0 Å². The third kappa shape index (κ3) is 3.53. The van der Waals surface area contributed by atoms with E-state index in [2.05, 4.69) is 11.9 Å². The molecule has 0 saturated heterocycles. The van der Waals surface area contributed by atoms with E-state index in [1.165, 1.54) is 16.9 Å². The third-order valence-electron chi connectivity index (χ3n) is 2.44. The van der Waals surface area contributed by atoms with E-state index in [0.717, 1.165) is 23.4 Å². The van der Waals surface area contributed by atoms with Gasteiger partial charge in [0.05, 0.1) is 0 Å². The van der Waals surface area contributed by atoms with Crippen molar-refractivity contribution >= 4 is 27.6 Å². The molecule has 1 unspecified atom stereocenters. The van der Waals surface area contributed by atoms with Crippen LogP contribution in [0.4, 0.5) is 0 Å². The minimum atomic E-state index is -1.14. The summed E-state index contributed by atoms with van der Waals surface area (Å²) in [5.41, 5.74) is 0.812. The molecule has 1 atom stereocenters. The maximum Gasteiger partial charge on any atom is 0.341 e. The summed E-state index contributed by atoms with van der Waals surface area (Å²) < 4.78 is 0. The Kier molecular flexibility index (Phi) is 6.11. The van der Waals surface area contributed by atoms with Crippen LogP contribution in [0.25, 0.3) is 0 Å². The summed E-state index contributed by atoms with van der Waals surface area (Å²) in [6, 6.07) is 1.54. The smallest absolute Gasteiger partial charge is 0.341 e. The SMILES string of the molecule is CCC1Cc2cc(C(=O)O)c(O)nc2SS1.[Ac]. The minimum absolute atomic E-state index is 0. The molecule has 4 nitrogen and oxygen atoms in total. The van der Waals surface area contributed by atoms with Crippen molar-refractivity contribution in [3.05, 3.63) is 17.2 Å². The molecule has 1 aromatic rings. The number of carboxylic acids is 1. The number of aromatic nitrogens is 1. The number of fused-ring (bicyclic) bond motifs is 1. The Morgan fingerprint density at radius 3 is 2.94 bits per heavy atom. The number of hydrogen-bond donors (Lipinski definition) is 2. The first-order valence-corrected chi connectivity index (χ1v) is 7.12. The zero-order valence-corrected chi connectivity index (χ0v) is 15.6. The standard InChI is InChI=1S/C10H11NO3S2.Ac/c1-2-6-3-5-4-7(10(13)14)8(12)11-9(5)16-15-6;/h4,6H,2-3H2,1H3,(H,11,12)(H,13,14);. The fourth-order valence-corrected chi connectivity index (χ4v) is 4.22. The van der Waals surface area contributed by atoms with Gasteiger partial charge < -0.3 is 10.2 Å². The Hall–Kier alpha value is 0.562. The predicted molar refractivity (Wildman–Crippen MR) is 64.1 cm³/mol. The molecule has 2 N–H and O–H groups in total. The van der Waals surface area contributed by atoms with E-state index in [1.807, 2.05) is 0 Å². The summed E-state index contributed by atoms with van der Waals surface area (Å²) in [6.07, 6.45) is 1.86. The predicted octanol–water partition coefficient (Wildman–Crippen LogP) is 2.56. The Balaban J connectivity index is 0.00000144. The van der Waals surface area contributed by atoms with Gasteiger partial charge in [-0.05, 0) is 35.3 Å². The van der Waals surface area contributed by atoms with Crippen LogP contribution in [0.1, 0.15) is 29.3 Å². The summed E-state index contributed by atoms with van der Waals surface area (Å²) in [7, 11) is 3.23. The third-order valence-corrected chi connectivity index (χ3v) is 5.40. The van der Waals surface area contributed by atoms with Gasteiger partial charge in [-0.15, -0.1) is 0 Å². The zero-order valence-electron chi connectivity index (χ0n) is 9.21. The van der Waals surface area contributed by atoms with Crippen LogP contribution in [0.15, 0.2) is 11.1 Å². The molecule has 1 radical (unpaired) electrons. The Labute approximate surface area is 143 Å². The van der Waals surface area contributed by atoms with Gasteiger partial charge in [0, 0.05) is 49.3 Å². The van der Waals surface area contributed by atoms with Crippen molar-refractivity contribution in [2.75, 3.05) is 0 Å². The summed E-state index contributed by atoms with van der Waals surface area (Å²) in [5.74, 6) is -1.53. The molecular formula is C10H11AcNO3S2. The molecule has 1 aliphatic rings. The number of nitrogens with zero attached hydrogens (tertiary/aromatic N) is 1. The second-order valence-electron chi connectivity index (χ2n) is 3.54. The van der Waals surface area contributed by atoms with E-state index in [4.69, 9.17) is 5.11 Å². The van der Waals surface area contributed by atoms with Crippen LogP contribution >= 0.6 is 21.6 Å². The first-order valence-electron chi connectivity index (χ1n) is 4.91. The van der Waals surface area contributed by atoms with Gasteiger partial charge in [0.25, 0.3) is 0 Å². The molecule has 7 heteroatoms. The normalized spacial score (nSPS) is 18.1. The van der Waals surface area contributed by atoms with Crippen molar-refractivity contribution in [1.82, 2.24) is 4.98 Å². The van der Waals surface area contributed by atoms with Crippen molar-refractivity contribution in [2.24, 2.45) is 0 Å². The van der Waals surface area contributed by atoms with Crippen molar-refractivity contribution in [1.29, 1.82) is 0 Å². The molecule has 89 valence electrons. The molecule has 2 heterocycles. The van der Waals surface area contributed by atoms with E-state index >= 15 is 0 Å². The Morgan fingerprint density at radius 1 is 1.65 bits per heavy atom. The number of aromatic carboxylic acids is 1. The van der Waals surface area contributed by atoms with Crippen LogP contribution in [0.2, 0.25) is 0 Å². The number of hydrogen-bond acceptors (Lipinski definition) is 5. The summed E-state index contributed by atoms with van der Waals surface area (Å²) in [5, 5.41) is 19.5. The summed E-state index contributed by atoms with van der Waals surface area (Å²) in [6.45, 7) is 2.11. The molecular weight excluding hydrogens is 473 g/mol. The molecule has 0 amide bonds. The van der Waals surface area contributed by atoms with E-state index < -0.39 is 11.8 Å². The van der Waals surface area contributed by atoms with Crippen molar-refractivity contribution in [2.45, 2.75) is 30.0 Å². The molecule has 17 heavy (non-hydrogen) atoms. The van der Waals surface area contributed by atoms with Gasteiger partial charge in [-0.1, -0.05) is 17.7 Å². The van der Waals surface area contributed by atoms with Crippen molar-refractivity contribution < 1.29 is 59.1 Å². The van der Waals surface area contributed by atoms with Gasteiger partial charge in [-0.25, -0.2) is 9.78 Å². The van der Waals surface area contributed by atoms with Crippen LogP contribution in [0.5, 0.6) is 5.88 Å². The van der Waals surface area contributed by atoms with Gasteiger partial charge in [0.15, 0.2) is 0 Å². The van der Waals surface area contributed by atoms with Crippen LogP contribution < -0.4 is 0 Å². The number of rotatable bonds is 2. The first-order chi connectivity index (χ1) is 7.61. The maximum absolute atomic E-state index is 10.8. The molecule has 2 rings (SSSR count). The average molecular weight is 484 g/mol. The minimum Gasteiger partial charge on any atom is -0.493 e. The second-order valence-corrected chi connectivity index (χ2v) is 6.03. The number of pyridine rings is 1. The summed E-state index contributed by atoms with van der Waals surface area (Å²) in [4.78, 5) is 14.8. The van der Waals surface area contributed by atoms with E-state index in [1.54, 1.807) is 10.8 Å². The number of aromatic hydroxyl groups is 1. The molecule has 0 aliphatic carbocycles. The van der Waals surface area contributed by atoms with Crippen LogP contribution in [-0.4, -0.2) is 26.4 Å². The average Bonchev–Trinajstić information content (AvgIpc) is 2.27. The van der Waals surface area contributed by atoms with Crippen molar-refractivity contribution in [3.8, 4) is 5.88 Å². The second kappa shape index (κ2) is 6.65. The molecule has 1 aliphatic heterocycles. The number of carbonyl (C=O) groups is 1. The zero-order chi connectivity index (χ0) is 11.7. The quantitative estimate of drug-likeness (QED) is 0.630. The molecule has 1 aromatic heterocycles.